The number of ether oxygens (including phenoxy) is 6. The summed E-state index contributed by atoms with van der Waals surface area (Å²) >= 11 is 0. The van der Waals surface area contributed by atoms with Crippen molar-refractivity contribution in [3.63, 3.8) is 0 Å². The van der Waals surface area contributed by atoms with Gasteiger partial charge in [-0.1, -0.05) is 0 Å². The molecule has 0 bridgehead atoms. The van der Waals surface area contributed by atoms with Crippen molar-refractivity contribution in [2.24, 2.45) is 0 Å². The van der Waals surface area contributed by atoms with Gasteiger partial charge in [0.05, 0.1) is 12.7 Å². The van der Waals surface area contributed by atoms with Gasteiger partial charge >= 0.3 is 0 Å². The monoisotopic (exact) mass is 302 g/mol. The lowest BCUT2D eigenvalue weighted by Crippen LogP contribution is -2.56. The van der Waals surface area contributed by atoms with Gasteiger partial charge in [-0.3, -0.25) is 0 Å². The fourth-order valence-electron chi connectivity index (χ4n) is 3.11. The van der Waals surface area contributed by atoms with Gasteiger partial charge in [0.15, 0.2) is 17.9 Å². The molecule has 0 aliphatic carbocycles. The summed E-state index contributed by atoms with van der Waals surface area (Å²) in [6.45, 7) is 12.0. The Hall–Kier alpha value is -0.240. The standard InChI is InChI=1S/C15H26O6/c1-8(2)16-7-9-10-11(19-14(3,4)18-10)12-13(17-9)21-15(5,6)20-12/h8-13H,7H2,1-6H3/t9-,10+,11+,12-,13-/m1/s1. The molecule has 3 fully saturated rings. The van der Waals surface area contributed by atoms with Crippen molar-refractivity contribution >= 4 is 0 Å². The molecule has 6 nitrogen and oxygen atoms in total. The van der Waals surface area contributed by atoms with Crippen LogP contribution in [0.25, 0.3) is 0 Å². The summed E-state index contributed by atoms with van der Waals surface area (Å²) in [5.74, 6) is -1.33. The van der Waals surface area contributed by atoms with Crippen molar-refractivity contribution in [3.8, 4) is 0 Å². The van der Waals surface area contributed by atoms with E-state index in [2.05, 4.69) is 0 Å². The van der Waals surface area contributed by atoms with Crippen LogP contribution in [0.5, 0.6) is 0 Å². The Morgan fingerprint density at radius 1 is 0.857 bits per heavy atom. The van der Waals surface area contributed by atoms with E-state index < -0.39 is 17.9 Å². The lowest BCUT2D eigenvalue weighted by atomic mass is 9.99. The minimum atomic E-state index is -0.677. The molecule has 6 heteroatoms. The van der Waals surface area contributed by atoms with Gasteiger partial charge in [0, 0.05) is 0 Å². The second-order valence-electron chi connectivity index (χ2n) is 7.09. The quantitative estimate of drug-likeness (QED) is 0.792. The second-order valence-corrected chi connectivity index (χ2v) is 7.09. The molecule has 5 atom stereocenters. The lowest BCUT2D eigenvalue weighted by Gasteiger charge is -2.37. The van der Waals surface area contributed by atoms with Crippen LogP contribution in [0.1, 0.15) is 41.5 Å². The van der Waals surface area contributed by atoms with Crippen LogP contribution in [0.15, 0.2) is 0 Å². The molecule has 0 radical (unpaired) electrons. The molecule has 3 saturated heterocycles. The highest BCUT2D eigenvalue weighted by Crippen LogP contribution is 2.44. The van der Waals surface area contributed by atoms with Crippen LogP contribution in [0.3, 0.4) is 0 Å². The van der Waals surface area contributed by atoms with Crippen molar-refractivity contribution in [2.75, 3.05) is 6.61 Å². The Balaban J connectivity index is 1.78. The molecule has 0 amide bonds. The largest absolute Gasteiger partial charge is 0.376 e. The molecular formula is C15H26O6. The maximum absolute atomic E-state index is 6.03. The Kier molecular flexibility index (Phi) is 3.83. The van der Waals surface area contributed by atoms with Crippen LogP contribution < -0.4 is 0 Å². The summed E-state index contributed by atoms with van der Waals surface area (Å²) in [4.78, 5) is 0. The molecule has 0 unspecified atom stereocenters. The Bertz CT molecular complexity index is 394. The first-order valence-electron chi connectivity index (χ1n) is 7.65. The van der Waals surface area contributed by atoms with Crippen LogP contribution in [0, 0.1) is 0 Å². The summed E-state index contributed by atoms with van der Waals surface area (Å²) < 4.78 is 35.5. The maximum atomic E-state index is 6.03. The first kappa shape index (κ1) is 15.6. The lowest BCUT2D eigenvalue weighted by molar-refractivity contribution is -0.244. The molecule has 21 heavy (non-hydrogen) atoms. The van der Waals surface area contributed by atoms with Crippen LogP contribution in [-0.4, -0.2) is 55.0 Å². The summed E-state index contributed by atoms with van der Waals surface area (Å²) in [6, 6.07) is 0. The predicted molar refractivity (Wildman–Crippen MR) is 73.6 cm³/mol. The van der Waals surface area contributed by atoms with E-state index in [9.17, 15) is 0 Å². The third-order valence-electron chi connectivity index (χ3n) is 3.84. The number of rotatable bonds is 3. The van der Waals surface area contributed by atoms with Crippen LogP contribution >= 0.6 is 0 Å². The molecule has 0 saturated carbocycles. The molecule has 122 valence electrons. The molecule has 0 aromatic heterocycles. The van der Waals surface area contributed by atoms with Crippen molar-refractivity contribution in [1.82, 2.24) is 0 Å². The van der Waals surface area contributed by atoms with Crippen molar-refractivity contribution in [1.29, 1.82) is 0 Å². The highest BCUT2D eigenvalue weighted by Gasteiger charge is 2.60. The zero-order valence-corrected chi connectivity index (χ0v) is 13.6. The number of hydrogen-bond donors (Lipinski definition) is 0. The fourth-order valence-corrected chi connectivity index (χ4v) is 3.11. The number of fused-ring (bicyclic) bond motifs is 3. The Morgan fingerprint density at radius 2 is 1.43 bits per heavy atom. The molecule has 3 aliphatic heterocycles. The van der Waals surface area contributed by atoms with Crippen molar-refractivity contribution in [3.05, 3.63) is 0 Å². The van der Waals surface area contributed by atoms with Crippen LogP contribution in [0.2, 0.25) is 0 Å². The van der Waals surface area contributed by atoms with E-state index in [0.717, 1.165) is 0 Å². The fraction of sp³-hybridized carbons (Fsp3) is 1.00. The average molecular weight is 302 g/mol. The van der Waals surface area contributed by atoms with Gasteiger partial charge in [-0.2, -0.15) is 0 Å². The zero-order chi connectivity index (χ0) is 15.4. The molecule has 3 aliphatic rings. The van der Waals surface area contributed by atoms with Gasteiger partial charge < -0.3 is 28.4 Å². The van der Waals surface area contributed by atoms with Gasteiger partial charge in [-0.25, -0.2) is 0 Å². The summed E-state index contributed by atoms with van der Waals surface area (Å²) in [7, 11) is 0. The smallest absolute Gasteiger partial charge is 0.190 e. The third-order valence-corrected chi connectivity index (χ3v) is 3.84. The second kappa shape index (κ2) is 5.15. The summed E-state index contributed by atoms with van der Waals surface area (Å²) in [6.07, 6.45) is -1.23. The Morgan fingerprint density at radius 3 is 2.10 bits per heavy atom. The topological polar surface area (TPSA) is 55.4 Å². The van der Waals surface area contributed by atoms with Crippen LogP contribution in [0.4, 0.5) is 0 Å². The van der Waals surface area contributed by atoms with Crippen LogP contribution in [-0.2, 0) is 28.4 Å². The van der Waals surface area contributed by atoms with Crippen molar-refractivity contribution < 1.29 is 28.4 Å². The third kappa shape index (κ3) is 3.11. The van der Waals surface area contributed by atoms with E-state index in [1.165, 1.54) is 0 Å². The molecule has 0 aromatic rings. The van der Waals surface area contributed by atoms with E-state index in [4.69, 9.17) is 28.4 Å². The van der Waals surface area contributed by atoms with E-state index in [1.54, 1.807) is 0 Å². The van der Waals surface area contributed by atoms with Gasteiger partial charge in [-0.05, 0) is 41.5 Å². The van der Waals surface area contributed by atoms with E-state index in [1.807, 2.05) is 41.5 Å². The number of hydrogen-bond acceptors (Lipinski definition) is 6. The van der Waals surface area contributed by atoms with E-state index >= 15 is 0 Å². The van der Waals surface area contributed by atoms with Gasteiger partial charge in [0.1, 0.15) is 24.4 Å². The Labute approximate surface area is 126 Å². The highest BCUT2D eigenvalue weighted by molar-refractivity contribution is 5.00. The van der Waals surface area contributed by atoms with Crippen molar-refractivity contribution in [2.45, 2.75) is 89.9 Å². The molecule has 0 spiro atoms. The minimum absolute atomic E-state index is 0.136. The average Bonchev–Trinajstić information content (AvgIpc) is 2.80. The zero-order valence-electron chi connectivity index (χ0n) is 13.6. The van der Waals surface area contributed by atoms with Gasteiger partial charge in [0.25, 0.3) is 0 Å². The minimum Gasteiger partial charge on any atom is -0.376 e. The normalized spacial score (nSPS) is 43.9. The predicted octanol–water partition coefficient (Wildman–Crippen LogP) is 1.81. The maximum Gasteiger partial charge on any atom is 0.190 e. The van der Waals surface area contributed by atoms with Gasteiger partial charge in [0.2, 0.25) is 0 Å². The molecule has 3 heterocycles. The SMILES string of the molecule is CC(C)OC[C@H]1O[C@@H]2OC(C)(C)O[C@@H]2[C@H]2OC(C)(C)O[C@H]21. The first-order chi connectivity index (χ1) is 9.67. The summed E-state index contributed by atoms with van der Waals surface area (Å²) in [5, 5.41) is 0. The van der Waals surface area contributed by atoms with E-state index in [0.29, 0.717) is 6.61 Å². The first-order valence-corrected chi connectivity index (χ1v) is 7.65. The molecule has 0 N–H and O–H groups in total. The van der Waals surface area contributed by atoms with Gasteiger partial charge in [-0.15, -0.1) is 0 Å². The summed E-state index contributed by atoms with van der Waals surface area (Å²) in [5.41, 5.74) is 0. The molecular weight excluding hydrogens is 276 g/mol. The molecule has 0 aromatic carbocycles. The highest BCUT2D eigenvalue weighted by atomic mass is 16.9. The molecule has 3 rings (SSSR count). The van der Waals surface area contributed by atoms with E-state index in [-0.39, 0.29) is 30.5 Å².